The van der Waals surface area contributed by atoms with Gasteiger partial charge >= 0.3 is 0 Å². The average Bonchev–Trinajstić information content (AvgIpc) is 2.67. The van der Waals surface area contributed by atoms with Crippen LogP contribution in [0.2, 0.25) is 0 Å². The Morgan fingerprint density at radius 2 is 1.35 bits per heavy atom. The third-order valence-corrected chi connectivity index (χ3v) is 4.35. The van der Waals surface area contributed by atoms with Crippen LogP contribution in [0.5, 0.6) is 5.75 Å². The van der Waals surface area contributed by atoms with Gasteiger partial charge in [-0.25, -0.2) is 0 Å². The fraction of sp³-hybridized carbons (Fsp3) is 0.217. The molecule has 3 rings (SSSR count). The van der Waals surface area contributed by atoms with Crippen LogP contribution in [-0.4, -0.2) is 13.1 Å². The molecule has 2 N–H and O–H groups in total. The van der Waals surface area contributed by atoms with Crippen molar-refractivity contribution < 1.29 is 4.74 Å². The second-order valence-electron chi connectivity index (χ2n) is 6.39. The highest BCUT2D eigenvalue weighted by Crippen LogP contribution is 2.24. The van der Waals surface area contributed by atoms with Gasteiger partial charge in [0.2, 0.25) is 0 Å². The predicted molar refractivity (Wildman–Crippen MR) is 110 cm³/mol. The summed E-state index contributed by atoms with van der Waals surface area (Å²) in [5.41, 5.74) is 5.96. The van der Waals surface area contributed by atoms with Crippen LogP contribution in [0.1, 0.15) is 16.7 Å². The summed E-state index contributed by atoms with van der Waals surface area (Å²) in [5.74, 6) is 0.878. The summed E-state index contributed by atoms with van der Waals surface area (Å²) in [7, 11) is 0. The van der Waals surface area contributed by atoms with Crippen LogP contribution in [0, 0.1) is 13.8 Å². The first kappa shape index (κ1) is 17.9. The molecule has 0 aliphatic rings. The van der Waals surface area contributed by atoms with Gasteiger partial charge in [-0.05, 0) is 42.7 Å². The highest BCUT2D eigenvalue weighted by molar-refractivity contribution is 5.58. The molecule has 134 valence electrons. The zero-order valence-corrected chi connectivity index (χ0v) is 15.5. The van der Waals surface area contributed by atoms with E-state index in [1.807, 2.05) is 36.4 Å². The molecule has 0 unspecified atom stereocenters. The first-order valence-electron chi connectivity index (χ1n) is 9.04. The lowest BCUT2D eigenvalue weighted by Crippen LogP contribution is -2.15. The summed E-state index contributed by atoms with van der Waals surface area (Å²) in [6.07, 6.45) is 0. The van der Waals surface area contributed by atoms with Gasteiger partial charge in [-0.15, -0.1) is 0 Å². The quantitative estimate of drug-likeness (QED) is 0.535. The number of benzene rings is 3. The van der Waals surface area contributed by atoms with E-state index in [1.165, 1.54) is 22.4 Å². The zero-order valence-electron chi connectivity index (χ0n) is 15.5. The minimum absolute atomic E-state index is 0.570. The van der Waals surface area contributed by atoms with Crippen LogP contribution >= 0.6 is 0 Å². The minimum Gasteiger partial charge on any atom is -0.487 e. The van der Waals surface area contributed by atoms with Crippen molar-refractivity contribution in [2.24, 2.45) is 0 Å². The molecule has 0 aliphatic carbocycles. The lowest BCUT2D eigenvalue weighted by Gasteiger charge is -2.15. The molecule has 0 radical (unpaired) electrons. The van der Waals surface area contributed by atoms with Crippen molar-refractivity contribution >= 4 is 11.4 Å². The molecule has 0 heterocycles. The lowest BCUT2D eigenvalue weighted by atomic mass is 10.1. The molecule has 0 aliphatic heterocycles. The number of aryl methyl sites for hydroxylation is 2. The SMILES string of the molecule is Cc1cccc(C)c1NCCNc1ccccc1OCc1ccccc1. The van der Waals surface area contributed by atoms with Crippen molar-refractivity contribution in [3.05, 3.63) is 89.5 Å². The van der Waals surface area contributed by atoms with Gasteiger partial charge in [-0.3, -0.25) is 0 Å². The molecular formula is C23H26N2O. The largest absolute Gasteiger partial charge is 0.487 e. The highest BCUT2D eigenvalue weighted by atomic mass is 16.5. The molecule has 0 aromatic heterocycles. The summed E-state index contributed by atoms with van der Waals surface area (Å²) < 4.78 is 5.99. The summed E-state index contributed by atoms with van der Waals surface area (Å²) in [5, 5.41) is 7.00. The molecule has 0 saturated heterocycles. The average molecular weight is 346 g/mol. The van der Waals surface area contributed by atoms with Crippen LogP contribution in [0.3, 0.4) is 0 Å². The maximum absolute atomic E-state index is 5.99. The number of para-hydroxylation sites is 3. The number of nitrogens with one attached hydrogen (secondary N) is 2. The van der Waals surface area contributed by atoms with Gasteiger partial charge in [0, 0.05) is 18.8 Å². The second kappa shape index (κ2) is 8.95. The molecule has 0 atom stereocenters. The van der Waals surface area contributed by atoms with Crippen LogP contribution in [-0.2, 0) is 6.61 Å². The maximum Gasteiger partial charge on any atom is 0.142 e. The summed E-state index contributed by atoms with van der Waals surface area (Å²) in [4.78, 5) is 0. The van der Waals surface area contributed by atoms with Crippen LogP contribution in [0.4, 0.5) is 11.4 Å². The molecule has 3 aromatic carbocycles. The summed E-state index contributed by atoms with van der Waals surface area (Å²) in [6.45, 7) is 6.50. The maximum atomic E-state index is 5.99. The van der Waals surface area contributed by atoms with E-state index in [1.54, 1.807) is 0 Å². The highest BCUT2D eigenvalue weighted by Gasteiger charge is 2.04. The van der Waals surface area contributed by atoms with Crippen molar-refractivity contribution in [2.75, 3.05) is 23.7 Å². The monoisotopic (exact) mass is 346 g/mol. The first-order chi connectivity index (χ1) is 12.7. The lowest BCUT2D eigenvalue weighted by molar-refractivity contribution is 0.307. The molecule has 0 saturated carbocycles. The molecule has 0 fully saturated rings. The van der Waals surface area contributed by atoms with Crippen LogP contribution in [0.25, 0.3) is 0 Å². The van der Waals surface area contributed by atoms with Crippen molar-refractivity contribution in [1.82, 2.24) is 0 Å². The van der Waals surface area contributed by atoms with Gasteiger partial charge in [0.25, 0.3) is 0 Å². The molecular weight excluding hydrogens is 320 g/mol. The smallest absolute Gasteiger partial charge is 0.142 e. The topological polar surface area (TPSA) is 33.3 Å². The Bertz CT molecular complexity index is 810. The fourth-order valence-electron chi connectivity index (χ4n) is 2.95. The predicted octanol–water partition coefficient (Wildman–Crippen LogP) is 5.41. The molecule has 3 aromatic rings. The third kappa shape index (κ3) is 4.79. The Labute approximate surface area is 156 Å². The van der Waals surface area contributed by atoms with E-state index >= 15 is 0 Å². The second-order valence-corrected chi connectivity index (χ2v) is 6.39. The molecule has 3 nitrogen and oxygen atoms in total. The van der Waals surface area contributed by atoms with Crippen molar-refractivity contribution in [3.8, 4) is 5.75 Å². The number of anilines is 2. The van der Waals surface area contributed by atoms with E-state index in [-0.39, 0.29) is 0 Å². The summed E-state index contributed by atoms with van der Waals surface area (Å²) in [6, 6.07) is 24.7. The Kier molecular flexibility index (Phi) is 6.15. The van der Waals surface area contributed by atoms with Gasteiger partial charge in [-0.1, -0.05) is 60.7 Å². The molecule has 26 heavy (non-hydrogen) atoms. The van der Waals surface area contributed by atoms with Gasteiger partial charge in [0.1, 0.15) is 12.4 Å². The van der Waals surface area contributed by atoms with Crippen LogP contribution in [0.15, 0.2) is 72.8 Å². The number of ether oxygens (including phenoxy) is 1. The first-order valence-corrected chi connectivity index (χ1v) is 9.04. The van der Waals surface area contributed by atoms with E-state index < -0.39 is 0 Å². The number of hydrogen-bond donors (Lipinski definition) is 2. The Hall–Kier alpha value is -2.94. The Morgan fingerprint density at radius 3 is 2.12 bits per heavy atom. The third-order valence-electron chi connectivity index (χ3n) is 4.35. The van der Waals surface area contributed by atoms with E-state index in [0.29, 0.717) is 6.61 Å². The summed E-state index contributed by atoms with van der Waals surface area (Å²) >= 11 is 0. The minimum atomic E-state index is 0.570. The molecule has 3 heteroatoms. The van der Waals surface area contributed by atoms with Crippen molar-refractivity contribution in [1.29, 1.82) is 0 Å². The van der Waals surface area contributed by atoms with Gasteiger partial charge in [-0.2, -0.15) is 0 Å². The van der Waals surface area contributed by atoms with Gasteiger partial charge in [0.05, 0.1) is 5.69 Å². The number of rotatable bonds is 8. The van der Waals surface area contributed by atoms with Crippen molar-refractivity contribution in [2.45, 2.75) is 20.5 Å². The van der Waals surface area contributed by atoms with E-state index in [4.69, 9.17) is 4.74 Å². The Balaban J connectivity index is 1.53. The van der Waals surface area contributed by atoms with E-state index in [0.717, 1.165) is 24.5 Å². The van der Waals surface area contributed by atoms with E-state index in [2.05, 4.69) is 60.9 Å². The van der Waals surface area contributed by atoms with Crippen LogP contribution < -0.4 is 15.4 Å². The zero-order chi connectivity index (χ0) is 18.2. The molecule has 0 spiro atoms. The number of hydrogen-bond acceptors (Lipinski definition) is 3. The molecule has 0 bridgehead atoms. The molecule has 0 amide bonds. The standard InChI is InChI=1S/C23H26N2O/c1-18-9-8-10-19(2)23(18)25-16-15-24-21-13-6-7-14-22(21)26-17-20-11-4-3-5-12-20/h3-14,24-25H,15-17H2,1-2H3. The van der Waals surface area contributed by atoms with Crippen molar-refractivity contribution in [3.63, 3.8) is 0 Å². The van der Waals surface area contributed by atoms with E-state index in [9.17, 15) is 0 Å². The normalized spacial score (nSPS) is 10.4. The Morgan fingerprint density at radius 1 is 0.692 bits per heavy atom. The van der Waals surface area contributed by atoms with Gasteiger partial charge < -0.3 is 15.4 Å². The van der Waals surface area contributed by atoms with Gasteiger partial charge in [0.15, 0.2) is 0 Å². The fourth-order valence-corrected chi connectivity index (χ4v) is 2.95.